The summed E-state index contributed by atoms with van der Waals surface area (Å²) in [6.45, 7) is 1.96. The van der Waals surface area contributed by atoms with Crippen molar-refractivity contribution >= 4 is 12.7 Å². The first kappa shape index (κ1) is 12.6. The van der Waals surface area contributed by atoms with Crippen LogP contribution >= 0.6 is 0 Å². The molecule has 0 saturated carbocycles. The van der Waals surface area contributed by atoms with E-state index in [1.54, 1.807) is 6.92 Å². The molecule has 1 unspecified atom stereocenters. The number of benzene rings is 1. The van der Waals surface area contributed by atoms with Gasteiger partial charge in [-0.3, -0.25) is 4.99 Å². The Kier molecular flexibility index (Phi) is 3.38. The standard InChI is InChI=1S/C12H13F2N3O/c1-8-12(18-8,5-16-7-17-6-15)10-4-9(13)2-3-11(10)14/h2-4,6-8H,5H2,1H3,(H2,15,16,17)/t8?,12-/m1/s1. The van der Waals surface area contributed by atoms with E-state index in [0.29, 0.717) is 0 Å². The van der Waals surface area contributed by atoms with Crippen LogP contribution in [0.1, 0.15) is 12.5 Å². The first-order valence-electron chi connectivity index (χ1n) is 5.45. The maximum absolute atomic E-state index is 13.7. The second kappa shape index (κ2) is 4.81. The fourth-order valence-electron chi connectivity index (χ4n) is 1.90. The maximum atomic E-state index is 13.7. The normalized spacial score (nSPS) is 27.2. The van der Waals surface area contributed by atoms with Crippen LogP contribution in [0, 0.1) is 11.6 Å². The summed E-state index contributed by atoms with van der Waals surface area (Å²) in [4.78, 5) is 7.57. The third kappa shape index (κ3) is 2.24. The number of nitrogens with two attached hydrogens (primary N) is 1. The van der Waals surface area contributed by atoms with Gasteiger partial charge in [-0.05, 0) is 25.1 Å². The van der Waals surface area contributed by atoms with E-state index in [9.17, 15) is 8.78 Å². The van der Waals surface area contributed by atoms with E-state index < -0.39 is 17.2 Å². The highest BCUT2D eigenvalue weighted by molar-refractivity contribution is 5.69. The highest BCUT2D eigenvalue weighted by Crippen LogP contribution is 2.47. The van der Waals surface area contributed by atoms with Crippen molar-refractivity contribution < 1.29 is 13.5 Å². The zero-order valence-electron chi connectivity index (χ0n) is 9.81. The predicted octanol–water partition coefficient (Wildman–Crippen LogP) is 1.59. The van der Waals surface area contributed by atoms with Crippen molar-refractivity contribution in [2.45, 2.75) is 18.6 Å². The van der Waals surface area contributed by atoms with Gasteiger partial charge in [-0.15, -0.1) is 0 Å². The molecule has 0 amide bonds. The molecule has 1 saturated heterocycles. The van der Waals surface area contributed by atoms with Gasteiger partial charge in [0.15, 0.2) is 0 Å². The van der Waals surface area contributed by atoms with E-state index in [4.69, 9.17) is 10.5 Å². The van der Waals surface area contributed by atoms with Crippen molar-refractivity contribution in [2.75, 3.05) is 6.54 Å². The Balaban J connectivity index is 2.25. The van der Waals surface area contributed by atoms with E-state index in [1.807, 2.05) is 0 Å². The number of ether oxygens (including phenoxy) is 1. The van der Waals surface area contributed by atoms with Crippen LogP contribution < -0.4 is 5.73 Å². The first-order valence-corrected chi connectivity index (χ1v) is 5.45. The van der Waals surface area contributed by atoms with Gasteiger partial charge in [-0.2, -0.15) is 0 Å². The van der Waals surface area contributed by atoms with Crippen molar-refractivity contribution in [3.8, 4) is 0 Å². The first-order chi connectivity index (χ1) is 8.60. The summed E-state index contributed by atoms with van der Waals surface area (Å²) in [6.07, 6.45) is 2.14. The van der Waals surface area contributed by atoms with Crippen molar-refractivity contribution in [3.05, 3.63) is 35.4 Å². The van der Waals surface area contributed by atoms with E-state index >= 15 is 0 Å². The van der Waals surface area contributed by atoms with Crippen LogP contribution in [0.4, 0.5) is 8.78 Å². The molecule has 0 aromatic heterocycles. The van der Waals surface area contributed by atoms with Crippen LogP contribution in [0.25, 0.3) is 0 Å². The number of hydrogen-bond acceptors (Lipinski definition) is 2. The fourth-order valence-corrected chi connectivity index (χ4v) is 1.90. The lowest BCUT2D eigenvalue weighted by Crippen LogP contribution is -2.18. The third-order valence-corrected chi connectivity index (χ3v) is 2.93. The largest absolute Gasteiger partial charge is 0.390 e. The summed E-state index contributed by atoms with van der Waals surface area (Å²) in [5, 5.41) is 0. The molecule has 1 fully saturated rings. The molecule has 0 aliphatic carbocycles. The third-order valence-electron chi connectivity index (χ3n) is 2.93. The molecule has 96 valence electrons. The lowest BCUT2D eigenvalue weighted by atomic mass is 9.95. The zero-order chi connectivity index (χ0) is 13.2. The number of aliphatic imine (C=N–C) groups is 2. The summed E-state index contributed by atoms with van der Waals surface area (Å²) in [5.74, 6) is -1.00. The minimum atomic E-state index is -0.896. The molecule has 1 aliphatic rings. The van der Waals surface area contributed by atoms with Gasteiger partial charge < -0.3 is 10.5 Å². The Labute approximate surface area is 103 Å². The van der Waals surface area contributed by atoms with Crippen LogP contribution in [0.3, 0.4) is 0 Å². The second-order valence-electron chi connectivity index (χ2n) is 4.03. The van der Waals surface area contributed by atoms with Crippen LogP contribution in [-0.4, -0.2) is 25.3 Å². The molecule has 2 atom stereocenters. The summed E-state index contributed by atoms with van der Waals surface area (Å²) in [6, 6.07) is 3.30. The van der Waals surface area contributed by atoms with Gasteiger partial charge in [-0.25, -0.2) is 13.8 Å². The topological polar surface area (TPSA) is 63.3 Å². The Bertz CT molecular complexity index is 504. The van der Waals surface area contributed by atoms with E-state index in [0.717, 1.165) is 24.5 Å². The highest BCUT2D eigenvalue weighted by Gasteiger charge is 2.56. The lowest BCUT2D eigenvalue weighted by molar-refractivity contribution is 0.297. The molecule has 1 heterocycles. The lowest BCUT2D eigenvalue weighted by Gasteiger charge is -2.11. The smallest absolute Gasteiger partial charge is 0.142 e. The van der Waals surface area contributed by atoms with Crippen LogP contribution in [0.5, 0.6) is 0 Å². The molecule has 1 aliphatic heterocycles. The van der Waals surface area contributed by atoms with Gasteiger partial charge in [0.1, 0.15) is 23.6 Å². The van der Waals surface area contributed by atoms with Crippen LogP contribution in [0.2, 0.25) is 0 Å². The van der Waals surface area contributed by atoms with Crippen molar-refractivity contribution in [1.82, 2.24) is 0 Å². The summed E-state index contributed by atoms with van der Waals surface area (Å²) in [5.41, 5.74) is 4.34. The number of rotatable bonds is 4. The number of nitrogens with zero attached hydrogens (tertiary/aromatic N) is 2. The number of halogens is 2. The van der Waals surface area contributed by atoms with Gasteiger partial charge in [0.2, 0.25) is 0 Å². The van der Waals surface area contributed by atoms with Crippen molar-refractivity contribution in [2.24, 2.45) is 15.7 Å². The average Bonchev–Trinajstić information content (AvgIpc) is 3.00. The molecule has 0 radical (unpaired) electrons. The van der Waals surface area contributed by atoms with Gasteiger partial charge in [0.25, 0.3) is 0 Å². The van der Waals surface area contributed by atoms with E-state index in [-0.39, 0.29) is 18.2 Å². The summed E-state index contributed by atoms with van der Waals surface area (Å²) >= 11 is 0. The van der Waals surface area contributed by atoms with Crippen molar-refractivity contribution in [1.29, 1.82) is 0 Å². The van der Waals surface area contributed by atoms with Crippen LogP contribution in [0.15, 0.2) is 28.2 Å². The van der Waals surface area contributed by atoms with Gasteiger partial charge in [0.05, 0.1) is 19.0 Å². The summed E-state index contributed by atoms with van der Waals surface area (Å²) in [7, 11) is 0. The Morgan fingerprint density at radius 2 is 2.22 bits per heavy atom. The maximum Gasteiger partial charge on any atom is 0.142 e. The minimum absolute atomic E-state index is 0.172. The van der Waals surface area contributed by atoms with E-state index in [2.05, 4.69) is 9.98 Å². The molecule has 1 aromatic carbocycles. The molecule has 4 nitrogen and oxygen atoms in total. The average molecular weight is 253 g/mol. The number of epoxide rings is 1. The van der Waals surface area contributed by atoms with Gasteiger partial charge >= 0.3 is 0 Å². The molecule has 6 heteroatoms. The second-order valence-corrected chi connectivity index (χ2v) is 4.03. The number of hydrogen-bond donors (Lipinski definition) is 1. The van der Waals surface area contributed by atoms with Gasteiger partial charge in [-0.1, -0.05) is 0 Å². The quantitative estimate of drug-likeness (QED) is 0.503. The Morgan fingerprint density at radius 3 is 2.83 bits per heavy atom. The minimum Gasteiger partial charge on any atom is -0.390 e. The Hall–Kier alpha value is -1.82. The molecular weight excluding hydrogens is 240 g/mol. The SMILES string of the molecule is CC1O[C@@]1(CN=CN=CN)c1cc(F)ccc1F. The molecule has 0 spiro atoms. The highest BCUT2D eigenvalue weighted by atomic mass is 19.1. The Morgan fingerprint density at radius 1 is 1.50 bits per heavy atom. The fraction of sp³-hybridized carbons (Fsp3) is 0.333. The molecule has 2 N–H and O–H groups in total. The molecule has 0 bridgehead atoms. The van der Waals surface area contributed by atoms with Gasteiger partial charge in [0, 0.05) is 5.56 Å². The zero-order valence-corrected chi connectivity index (χ0v) is 9.81. The molecule has 18 heavy (non-hydrogen) atoms. The van der Waals surface area contributed by atoms with Crippen LogP contribution in [-0.2, 0) is 10.3 Å². The summed E-state index contributed by atoms with van der Waals surface area (Å²) < 4.78 is 32.3. The molecule has 2 rings (SSSR count). The van der Waals surface area contributed by atoms with Crippen molar-refractivity contribution in [3.63, 3.8) is 0 Å². The predicted molar refractivity (Wildman–Crippen MR) is 64.6 cm³/mol. The van der Waals surface area contributed by atoms with E-state index in [1.165, 1.54) is 6.34 Å². The molecular formula is C12H13F2N3O. The monoisotopic (exact) mass is 253 g/mol. The molecule has 1 aromatic rings.